The fourth-order valence-corrected chi connectivity index (χ4v) is 2.45. The van der Waals surface area contributed by atoms with Crippen LogP contribution in [0.4, 0.5) is 0 Å². The Balaban J connectivity index is 2.56. The standard InChI is InChI=1S/C13H17O2Si/c1-10-5-6-12-11(9-10)13(7-8-14-12)15-16(2,3)4/h5-9H,1-4H3/q+1. The molecular formula is C13H17O2Si+. The van der Waals surface area contributed by atoms with Crippen LogP contribution in [0.2, 0.25) is 19.6 Å². The van der Waals surface area contributed by atoms with E-state index in [4.69, 9.17) is 8.84 Å². The highest BCUT2D eigenvalue weighted by Crippen LogP contribution is 2.28. The molecule has 2 aromatic rings. The van der Waals surface area contributed by atoms with E-state index in [0.717, 1.165) is 16.7 Å². The average molecular weight is 233 g/mol. The molecule has 0 saturated carbocycles. The van der Waals surface area contributed by atoms with Gasteiger partial charge < -0.3 is 4.43 Å². The molecule has 2 nitrogen and oxygen atoms in total. The van der Waals surface area contributed by atoms with Crippen LogP contribution in [0, 0.1) is 6.92 Å². The van der Waals surface area contributed by atoms with Gasteiger partial charge in [-0.3, -0.25) is 0 Å². The first kappa shape index (κ1) is 11.1. The zero-order valence-electron chi connectivity index (χ0n) is 10.2. The normalized spacial score (nSPS) is 11.8. The van der Waals surface area contributed by atoms with Crippen LogP contribution in [0.15, 0.2) is 34.9 Å². The number of rotatable bonds is 2. The fourth-order valence-electron chi connectivity index (χ4n) is 1.62. The molecule has 0 spiro atoms. The molecule has 0 amide bonds. The Labute approximate surface area is 97.0 Å². The van der Waals surface area contributed by atoms with Crippen LogP contribution >= 0.6 is 0 Å². The van der Waals surface area contributed by atoms with E-state index in [1.807, 2.05) is 18.2 Å². The summed E-state index contributed by atoms with van der Waals surface area (Å²) in [6.07, 6.45) is 1.69. The summed E-state index contributed by atoms with van der Waals surface area (Å²) in [5.41, 5.74) is 2.09. The molecule has 0 atom stereocenters. The van der Waals surface area contributed by atoms with Crippen molar-refractivity contribution in [3.63, 3.8) is 0 Å². The van der Waals surface area contributed by atoms with Crippen LogP contribution in [0.1, 0.15) is 5.56 Å². The van der Waals surface area contributed by atoms with Crippen molar-refractivity contribution in [1.82, 2.24) is 0 Å². The molecule has 1 aromatic heterocycles. The van der Waals surface area contributed by atoms with Gasteiger partial charge in [0.25, 0.3) is 0 Å². The number of hydrogen-bond donors (Lipinski definition) is 0. The number of aryl methyl sites for hydroxylation is 1. The van der Waals surface area contributed by atoms with Gasteiger partial charge in [-0.05, 0) is 44.3 Å². The molecule has 0 fully saturated rings. The molecule has 0 aliphatic heterocycles. The highest BCUT2D eigenvalue weighted by Gasteiger charge is 2.20. The van der Waals surface area contributed by atoms with Crippen molar-refractivity contribution in [3.05, 3.63) is 36.1 Å². The molecular weight excluding hydrogens is 216 g/mol. The topological polar surface area (TPSA) is 20.5 Å². The molecule has 0 aliphatic rings. The van der Waals surface area contributed by atoms with Crippen LogP contribution in [-0.2, 0) is 0 Å². The van der Waals surface area contributed by atoms with Crippen LogP contribution in [-0.4, -0.2) is 8.32 Å². The largest absolute Gasteiger partial charge is 0.543 e. The lowest BCUT2D eigenvalue weighted by Gasteiger charge is -2.18. The fraction of sp³-hybridized carbons (Fsp3) is 0.308. The Hall–Kier alpha value is -1.35. The zero-order chi connectivity index (χ0) is 11.8. The van der Waals surface area contributed by atoms with Crippen LogP contribution in [0.3, 0.4) is 0 Å². The quantitative estimate of drug-likeness (QED) is 0.571. The molecule has 3 heteroatoms. The molecule has 1 aromatic carbocycles. The second-order valence-corrected chi connectivity index (χ2v) is 9.43. The third-order valence-corrected chi connectivity index (χ3v) is 3.06. The Morgan fingerprint density at radius 2 is 1.88 bits per heavy atom. The first-order valence-electron chi connectivity index (χ1n) is 5.46. The van der Waals surface area contributed by atoms with Gasteiger partial charge in [-0.2, -0.15) is 0 Å². The summed E-state index contributed by atoms with van der Waals surface area (Å²) in [6, 6.07) is 8.04. The van der Waals surface area contributed by atoms with Gasteiger partial charge in [-0.15, -0.1) is 0 Å². The zero-order valence-corrected chi connectivity index (χ0v) is 11.2. The van der Waals surface area contributed by atoms with E-state index in [1.54, 1.807) is 6.26 Å². The summed E-state index contributed by atoms with van der Waals surface area (Å²) in [5, 5.41) is 1.06. The Morgan fingerprint density at radius 3 is 2.56 bits per heavy atom. The van der Waals surface area contributed by atoms with Crippen LogP contribution in [0.5, 0.6) is 5.75 Å². The Morgan fingerprint density at radius 1 is 1.12 bits per heavy atom. The molecule has 2 rings (SSSR count). The van der Waals surface area contributed by atoms with E-state index in [2.05, 4.69) is 32.6 Å². The third kappa shape index (κ3) is 2.42. The SMILES string of the molecule is Cc1ccc2[o+]ccc(O[Si](C)(C)C)c2c1. The van der Waals surface area contributed by atoms with Crippen molar-refractivity contribution < 1.29 is 8.84 Å². The summed E-state index contributed by atoms with van der Waals surface area (Å²) < 4.78 is 11.5. The summed E-state index contributed by atoms with van der Waals surface area (Å²) in [7, 11) is -1.57. The predicted octanol–water partition coefficient (Wildman–Crippen LogP) is 4.24. The van der Waals surface area contributed by atoms with Crippen molar-refractivity contribution in [3.8, 4) is 5.75 Å². The van der Waals surface area contributed by atoms with E-state index in [9.17, 15) is 0 Å². The molecule has 0 N–H and O–H groups in total. The van der Waals surface area contributed by atoms with Gasteiger partial charge in [0, 0.05) is 6.07 Å². The lowest BCUT2D eigenvalue weighted by Crippen LogP contribution is -2.29. The van der Waals surface area contributed by atoms with E-state index < -0.39 is 8.32 Å². The second-order valence-electron chi connectivity index (χ2n) is 5.00. The van der Waals surface area contributed by atoms with E-state index in [0.29, 0.717) is 0 Å². The van der Waals surface area contributed by atoms with Gasteiger partial charge in [-0.25, -0.2) is 4.42 Å². The van der Waals surface area contributed by atoms with Crippen molar-refractivity contribution in [1.29, 1.82) is 0 Å². The van der Waals surface area contributed by atoms with E-state index in [1.165, 1.54) is 5.56 Å². The molecule has 1 heterocycles. The molecule has 0 bridgehead atoms. The van der Waals surface area contributed by atoms with Crippen molar-refractivity contribution in [2.24, 2.45) is 0 Å². The minimum atomic E-state index is -1.57. The summed E-state index contributed by atoms with van der Waals surface area (Å²) in [6.45, 7) is 8.61. The average Bonchev–Trinajstić information content (AvgIpc) is 2.17. The first-order chi connectivity index (χ1) is 7.46. The predicted molar refractivity (Wildman–Crippen MR) is 69.3 cm³/mol. The number of hydrogen-bond acceptors (Lipinski definition) is 1. The minimum absolute atomic E-state index is 0.876. The van der Waals surface area contributed by atoms with Gasteiger partial charge in [0.15, 0.2) is 0 Å². The van der Waals surface area contributed by atoms with Gasteiger partial charge >= 0.3 is 11.8 Å². The Bertz CT molecular complexity index is 515. The lowest BCUT2D eigenvalue weighted by atomic mass is 10.1. The molecule has 0 saturated heterocycles. The molecule has 84 valence electrons. The second kappa shape index (κ2) is 3.90. The van der Waals surface area contributed by atoms with Crippen molar-refractivity contribution in [2.75, 3.05) is 0 Å². The number of fused-ring (bicyclic) bond motifs is 1. The van der Waals surface area contributed by atoms with Crippen LogP contribution < -0.4 is 4.43 Å². The highest BCUT2D eigenvalue weighted by molar-refractivity contribution is 6.70. The van der Waals surface area contributed by atoms with Gasteiger partial charge in [0.1, 0.15) is 11.1 Å². The maximum atomic E-state index is 6.05. The van der Waals surface area contributed by atoms with Gasteiger partial charge in [0.05, 0.1) is 6.07 Å². The number of benzene rings is 1. The van der Waals surface area contributed by atoms with Crippen LogP contribution in [0.25, 0.3) is 11.0 Å². The highest BCUT2D eigenvalue weighted by atomic mass is 28.4. The first-order valence-corrected chi connectivity index (χ1v) is 8.87. The maximum absolute atomic E-state index is 6.05. The monoisotopic (exact) mass is 233 g/mol. The summed E-state index contributed by atoms with van der Waals surface area (Å²) >= 11 is 0. The third-order valence-electron chi connectivity index (χ3n) is 2.23. The van der Waals surface area contributed by atoms with Crippen molar-refractivity contribution >= 4 is 19.3 Å². The minimum Gasteiger partial charge on any atom is -0.543 e. The van der Waals surface area contributed by atoms with E-state index in [-0.39, 0.29) is 0 Å². The van der Waals surface area contributed by atoms with Gasteiger partial charge in [-0.1, -0.05) is 0 Å². The smallest absolute Gasteiger partial charge is 0.363 e. The maximum Gasteiger partial charge on any atom is 0.363 e. The molecule has 16 heavy (non-hydrogen) atoms. The molecule has 0 radical (unpaired) electrons. The lowest BCUT2D eigenvalue weighted by molar-refractivity contribution is 0.545. The van der Waals surface area contributed by atoms with E-state index >= 15 is 0 Å². The van der Waals surface area contributed by atoms with Gasteiger partial charge in [0.2, 0.25) is 8.32 Å². The Kier molecular flexibility index (Phi) is 2.72. The summed E-state index contributed by atoms with van der Waals surface area (Å²) in [5.74, 6) is 0.934. The molecule has 0 unspecified atom stereocenters. The van der Waals surface area contributed by atoms with Crippen molar-refractivity contribution in [2.45, 2.75) is 26.6 Å². The summed E-state index contributed by atoms with van der Waals surface area (Å²) in [4.78, 5) is 0. The molecule has 0 aliphatic carbocycles.